The van der Waals surface area contributed by atoms with Crippen LogP contribution in [0.5, 0.6) is 0 Å². The normalized spacial score (nSPS) is 25.8. The molecule has 0 unspecified atom stereocenters. The third-order valence-electron chi connectivity index (χ3n) is 5.17. The van der Waals surface area contributed by atoms with E-state index in [1.807, 2.05) is 0 Å². The molecule has 2 fully saturated rings. The van der Waals surface area contributed by atoms with Gasteiger partial charge in [0.1, 0.15) is 0 Å². The van der Waals surface area contributed by atoms with Crippen molar-refractivity contribution in [3.8, 4) is 0 Å². The Labute approximate surface area is 126 Å². The van der Waals surface area contributed by atoms with Crippen LogP contribution in [0, 0.1) is 5.41 Å². The van der Waals surface area contributed by atoms with Crippen molar-refractivity contribution in [1.82, 2.24) is 15.1 Å². The summed E-state index contributed by atoms with van der Waals surface area (Å²) in [4.78, 5) is 5.23. The Morgan fingerprint density at radius 3 is 2.40 bits per heavy atom. The molecule has 2 aliphatic rings. The Hall–Kier alpha value is -0.120. The highest BCUT2D eigenvalue weighted by molar-refractivity contribution is 4.89. The van der Waals surface area contributed by atoms with Crippen LogP contribution in [0.2, 0.25) is 0 Å². The third kappa shape index (κ3) is 5.01. The number of likely N-dealkylation sites (N-methyl/N-ethyl adjacent to an activating group) is 1. The average molecular weight is 281 g/mol. The van der Waals surface area contributed by atoms with Gasteiger partial charge in [0.15, 0.2) is 0 Å². The summed E-state index contributed by atoms with van der Waals surface area (Å²) in [5.74, 6) is 0. The van der Waals surface area contributed by atoms with Gasteiger partial charge in [-0.2, -0.15) is 0 Å². The van der Waals surface area contributed by atoms with E-state index in [1.54, 1.807) is 0 Å². The minimum atomic E-state index is 0.547. The first-order valence-corrected chi connectivity index (χ1v) is 8.74. The van der Waals surface area contributed by atoms with Gasteiger partial charge in [0.25, 0.3) is 0 Å². The molecular weight excluding hydrogens is 246 g/mol. The highest BCUT2D eigenvalue weighted by Gasteiger charge is 2.34. The summed E-state index contributed by atoms with van der Waals surface area (Å²) < 4.78 is 0. The molecule has 0 aromatic heterocycles. The lowest BCUT2D eigenvalue weighted by Gasteiger charge is -2.41. The summed E-state index contributed by atoms with van der Waals surface area (Å²) >= 11 is 0. The van der Waals surface area contributed by atoms with Crippen LogP contribution in [0.15, 0.2) is 0 Å². The predicted octanol–water partition coefficient (Wildman–Crippen LogP) is 2.57. The first-order chi connectivity index (χ1) is 9.60. The fourth-order valence-corrected chi connectivity index (χ4v) is 3.85. The molecule has 1 aliphatic carbocycles. The standard InChI is InChI=1S/C17H35N3/c1-16(2)18-14-17(8-5-4-6-9-17)15-20-11-7-10-19(3)12-13-20/h16,18H,4-15H2,1-3H3. The molecule has 1 saturated carbocycles. The molecule has 1 heterocycles. The van der Waals surface area contributed by atoms with Gasteiger partial charge in [-0.15, -0.1) is 0 Å². The molecule has 3 heteroatoms. The molecule has 3 nitrogen and oxygen atoms in total. The molecule has 1 aliphatic heterocycles. The lowest BCUT2D eigenvalue weighted by molar-refractivity contribution is 0.102. The molecule has 0 spiro atoms. The van der Waals surface area contributed by atoms with E-state index in [-0.39, 0.29) is 0 Å². The summed E-state index contributed by atoms with van der Waals surface area (Å²) in [6.07, 6.45) is 8.52. The van der Waals surface area contributed by atoms with E-state index in [0.717, 1.165) is 0 Å². The minimum Gasteiger partial charge on any atom is -0.314 e. The van der Waals surface area contributed by atoms with Gasteiger partial charge in [-0.25, -0.2) is 0 Å². The van der Waals surface area contributed by atoms with Crippen LogP contribution in [0.25, 0.3) is 0 Å². The Balaban J connectivity index is 1.92. The van der Waals surface area contributed by atoms with Crippen LogP contribution in [0.3, 0.4) is 0 Å². The second kappa shape index (κ2) is 7.77. The fraction of sp³-hybridized carbons (Fsp3) is 1.00. The van der Waals surface area contributed by atoms with Crippen LogP contribution in [-0.2, 0) is 0 Å². The second-order valence-electron chi connectivity index (χ2n) is 7.53. The van der Waals surface area contributed by atoms with Crippen molar-refractivity contribution in [2.24, 2.45) is 5.41 Å². The smallest absolute Gasteiger partial charge is 0.0109 e. The SMILES string of the molecule is CC(C)NCC1(CN2CCCN(C)CC2)CCCCC1. The van der Waals surface area contributed by atoms with Gasteiger partial charge in [0.05, 0.1) is 0 Å². The Bertz CT molecular complexity index is 271. The van der Waals surface area contributed by atoms with Crippen molar-refractivity contribution in [1.29, 1.82) is 0 Å². The number of rotatable bonds is 5. The maximum Gasteiger partial charge on any atom is 0.0109 e. The third-order valence-corrected chi connectivity index (χ3v) is 5.17. The van der Waals surface area contributed by atoms with Crippen molar-refractivity contribution < 1.29 is 0 Å². The Morgan fingerprint density at radius 1 is 0.950 bits per heavy atom. The summed E-state index contributed by atoms with van der Waals surface area (Å²) in [7, 11) is 2.26. The van der Waals surface area contributed by atoms with Crippen molar-refractivity contribution in [3.63, 3.8) is 0 Å². The molecular formula is C17H35N3. The Morgan fingerprint density at radius 2 is 1.70 bits per heavy atom. The van der Waals surface area contributed by atoms with E-state index in [4.69, 9.17) is 0 Å². The topological polar surface area (TPSA) is 18.5 Å². The summed E-state index contributed by atoms with van der Waals surface area (Å²) in [5, 5.41) is 3.73. The second-order valence-corrected chi connectivity index (χ2v) is 7.53. The molecule has 1 saturated heterocycles. The molecule has 2 rings (SSSR count). The molecule has 0 radical (unpaired) electrons. The van der Waals surface area contributed by atoms with Crippen LogP contribution in [0.4, 0.5) is 0 Å². The lowest BCUT2D eigenvalue weighted by Crippen LogP contribution is -2.47. The van der Waals surface area contributed by atoms with Crippen LogP contribution in [0.1, 0.15) is 52.4 Å². The molecule has 1 N–H and O–H groups in total. The molecule has 0 aromatic carbocycles. The first-order valence-electron chi connectivity index (χ1n) is 8.74. The zero-order valence-electron chi connectivity index (χ0n) is 14.0. The van der Waals surface area contributed by atoms with Gasteiger partial charge in [0, 0.05) is 32.2 Å². The zero-order valence-corrected chi connectivity index (χ0v) is 14.0. The average Bonchev–Trinajstić information content (AvgIpc) is 2.63. The highest BCUT2D eigenvalue weighted by Crippen LogP contribution is 2.36. The van der Waals surface area contributed by atoms with E-state index in [2.05, 4.69) is 36.0 Å². The molecule has 0 atom stereocenters. The van der Waals surface area contributed by atoms with Crippen molar-refractivity contribution in [2.75, 3.05) is 46.3 Å². The van der Waals surface area contributed by atoms with Gasteiger partial charge in [-0.05, 0) is 44.8 Å². The largest absolute Gasteiger partial charge is 0.314 e. The highest BCUT2D eigenvalue weighted by atomic mass is 15.2. The van der Waals surface area contributed by atoms with Crippen molar-refractivity contribution >= 4 is 0 Å². The van der Waals surface area contributed by atoms with Crippen LogP contribution >= 0.6 is 0 Å². The lowest BCUT2D eigenvalue weighted by atomic mass is 9.73. The van der Waals surface area contributed by atoms with Gasteiger partial charge < -0.3 is 15.1 Å². The fourth-order valence-electron chi connectivity index (χ4n) is 3.85. The van der Waals surface area contributed by atoms with E-state index in [1.165, 1.54) is 77.8 Å². The summed E-state index contributed by atoms with van der Waals surface area (Å²) in [6.45, 7) is 12.2. The van der Waals surface area contributed by atoms with Gasteiger partial charge in [0.2, 0.25) is 0 Å². The maximum absolute atomic E-state index is 3.73. The molecule has 118 valence electrons. The molecule has 20 heavy (non-hydrogen) atoms. The summed E-state index contributed by atoms with van der Waals surface area (Å²) in [6, 6.07) is 0.615. The number of hydrogen-bond acceptors (Lipinski definition) is 3. The Kier molecular flexibility index (Phi) is 6.31. The van der Waals surface area contributed by atoms with Gasteiger partial charge >= 0.3 is 0 Å². The monoisotopic (exact) mass is 281 g/mol. The molecule has 0 bridgehead atoms. The molecule has 0 amide bonds. The minimum absolute atomic E-state index is 0.547. The van der Waals surface area contributed by atoms with Crippen LogP contribution in [-0.4, -0.2) is 62.2 Å². The molecule has 0 aromatic rings. The van der Waals surface area contributed by atoms with E-state index >= 15 is 0 Å². The zero-order chi connectivity index (χ0) is 14.4. The van der Waals surface area contributed by atoms with E-state index < -0.39 is 0 Å². The van der Waals surface area contributed by atoms with Crippen molar-refractivity contribution in [3.05, 3.63) is 0 Å². The first kappa shape index (κ1) is 16.3. The van der Waals surface area contributed by atoms with Crippen molar-refractivity contribution in [2.45, 2.75) is 58.4 Å². The quantitative estimate of drug-likeness (QED) is 0.835. The predicted molar refractivity (Wildman–Crippen MR) is 87.2 cm³/mol. The van der Waals surface area contributed by atoms with E-state index in [9.17, 15) is 0 Å². The summed E-state index contributed by atoms with van der Waals surface area (Å²) in [5.41, 5.74) is 0.547. The maximum atomic E-state index is 3.73. The number of nitrogens with zero attached hydrogens (tertiary/aromatic N) is 2. The van der Waals surface area contributed by atoms with Gasteiger partial charge in [-0.3, -0.25) is 0 Å². The number of nitrogens with one attached hydrogen (secondary N) is 1. The van der Waals surface area contributed by atoms with E-state index in [0.29, 0.717) is 11.5 Å². The van der Waals surface area contributed by atoms with Gasteiger partial charge in [-0.1, -0.05) is 33.1 Å². The van der Waals surface area contributed by atoms with Crippen LogP contribution < -0.4 is 5.32 Å². The number of hydrogen-bond donors (Lipinski definition) is 1.